The van der Waals surface area contributed by atoms with Gasteiger partial charge in [-0.2, -0.15) is 0 Å². The summed E-state index contributed by atoms with van der Waals surface area (Å²) >= 11 is 0. The third-order valence-electron chi connectivity index (χ3n) is 12.7. The predicted molar refractivity (Wildman–Crippen MR) is 240 cm³/mol. The maximum atomic E-state index is 2.53. The van der Waals surface area contributed by atoms with Gasteiger partial charge >= 0.3 is 0 Å². The molecule has 0 aromatic heterocycles. The third-order valence-corrected chi connectivity index (χ3v) is 18.9. The summed E-state index contributed by atoms with van der Waals surface area (Å²) in [7, 11) is -2.97. The van der Waals surface area contributed by atoms with Crippen molar-refractivity contribution in [3.8, 4) is 0 Å². The highest BCUT2D eigenvalue weighted by Gasteiger charge is 2.52. The Morgan fingerprint density at radius 1 is 0.364 bits per heavy atom. The predicted octanol–water partition coefficient (Wildman–Crippen LogP) is 11.6. The highest BCUT2D eigenvalue weighted by Crippen LogP contribution is 2.43. The minimum absolute atomic E-state index is 0.347. The van der Waals surface area contributed by atoms with E-state index in [9.17, 15) is 0 Å². The molecule has 0 radical (unpaired) electrons. The molecule has 6 aromatic carbocycles. The zero-order valence-corrected chi connectivity index (χ0v) is 35.8. The Balaban J connectivity index is 1.57. The molecule has 0 saturated heterocycles. The molecule has 7 rings (SSSR count). The van der Waals surface area contributed by atoms with Gasteiger partial charge in [-0.05, 0) is 142 Å². The number of benzene rings is 6. The van der Waals surface area contributed by atoms with E-state index in [1.807, 2.05) is 0 Å². The van der Waals surface area contributed by atoms with Crippen molar-refractivity contribution in [1.82, 2.24) is 0 Å². The molecular weight excluding hydrogens is 677 g/mol. The Morgan fingerprint density at radius 3 is 0.873 bits per heavy atom. The largest absolute Gasteiger partial charge is 0.178 e. The normalized spacial score (nSPS) is 14.6. The van der Waals surface area contributed by atoms with E-state index in [1.54, 1.807) is 20.8 Å². The Labute approximate surface area is 332 Å². The first kappa shape index (κ1) is 38.3. The molecule has 0 N–H and O–H groups in total. The van der Waals surface area contributed by atoms with Crippen molar-refractivity contribution >= 4 is 23.6 Å². The molecule has 55 heavy (non-hydrogen) atoms. The number of allylic oxidation sites excluding steroid dienone is 4. The van der Waals surface area contributed by atoms with Crippen LogP contribution in [0.15, 0.2) is 149 Å². The van der Waals surface area contributed by atoms with Crippen LogP contribution in [0.3, 0.4) is 0 Å². The van der Waals surface area contributed by atoms with Gasteiger partial charge in [0.15, 0.2) is 8.07 Å². The van der Waals surface area contributed by atoms with Crippen LogP contribution in [-0.2, 0) is 19.3 Å². The summed E-state index contributed by atoms with van der Waals surface area (Å²) in [6.07, 6.45) is 2.81. The van der Waals surface area contributed by atoms with Crippen molar-refractivity contribution in [2.45, 2.75) is 88.5 Å². The number of hydrogen-bond donors (Lipinski definition) is 0. The summed E-state index contributed by atoms with van der Waals surface area (Å²) in [4.78, 5) is 0. The van der Waals surface area contributed by atoms with Gasteiger partial charge in [0.2, 0.25) is 0 Å². The first-order valence-electron chi connectivity index (χ1n) is 20.2. The van der Waals surface area contributed by atoms with Gasteiger partial charge in [0, 0.05) is 0 Å². The third kappa shape index (κ3) is 7.16. The molecule has 0 amide bonds. The van der Waals surface area contributed by atoms with E-state index in [-0.39, 0.29) is 0 Å². The van der Waals surface area contributed by atoms with Gasteiger partial charge < -0.3 is 0 Å². The Morgan fingerprint density at radius 2 is 0.636 bits per heavy atom. The van der Waals surface area contributed by atoms with Crippen LogP contribution in [0.4, 0.5) is 0 Å². The Bertz CT molecular complexity index is 2120. The van der Waals surface area contributed by atoms with Crippen LogP contribution in [-0.4, -0.2) is 8.07 Å². The number of hydrogen-bond acceptors (Lipinski definition) is 0. The average molecular weight is 735 g/mol. The lowest BCUT2D eigenvalue weighted by atomic mass is 10.00. The van der Waals surface area contributed by atoms with E-state index in [0.717, 1.165) is 19.3 Å². The Hall–Kier alpha value is -4.98. The second-order valence-electron chi connectivity index (χ2n) is 16.6. The van der Waals surface area contributed by atoms with Gasteiger partial charge in [-0.1, -0.05) is 184 Å². The lowest BCUT2D eigenvalue weighted by molar-refractivity contribution is 0.851. The van der Waals surface area contributed by atoms with Crippen LogP contribution in [0.1, 0.15) is 94.5 Å². The van der Waals surface area contributed by atoms with Gasteiger partial charge in [0.05, 0.1) is 0 Å². The van der Waals surface area contributed by atoms with E-state index >= 15 is 0 Å². The van der Waals surface area contributed by atoms with E-state index in [0.29, 0.717) is 5.92 Å². The van der Waals surface area contributed by atoms with Crippen LogP contribution in [0.5, 0.6) is 0 Å². The molecule has 1 unspecified atom stereocenters. The maximum absolute atomic E-state index is 2.97. The minimum atomic E-state index is -2.97. The van der Waals surface area contributed by atoms with Crippen molar-refractivity contribution in [3.63, 3.8) is 0 Å². The molecule has 0 nitrogen and oxygen atoms in total. The second kappa shape index (κ2) is 15.6. The summed E-state index contributed by atoms with van der Waals surface area (Å²) < 4.78 is 0. The molecular formula is C54H58Si. The van der Waals surface area contributed by atoms with Crippen LogP contribution in [0, 0.1) is 47.5 Å². The van der Waals surface area contributed by atoms with Gasteiger partial charge in [0.25, 0.3) is 0 Å². The van der Waals surface area contributed by atoms with Crippen LogP contribution in [0.2, 0.25) is 0 Å². The molecule has 1 aliphatic rings. The molecule has 0 fully saturated rings. The summed E-state index contributed by atoms with van der Waals surface area (Å²) in [6, 6.07) is 48.1. The highest BCUT2D eigenvalue weighted by atomic mass is 28.3. The van der Waals surface area contributed by atoms with Crippen molar-refractivity contribution in [1.29, 1.82) is 0 Å². The van der Waals surface area contributed by atoms with Crippen LogP contribution in [0.25, 0.3) is 0 Å². The summed E-state index contributed by atoms with van der Waals surface area (Å²) in [5.74, 6) is 0.347. The van der Waals surface area contributed by atoms with E-state index in [1.165, 1.54) is 83.5 Å². The Kier molecular flexibility index (Phi) is 10.9. The molecule has 1 atom stereocenters. The minimum Gasteiger partial charge on any atom is -0.0636 e. The summed E-state index contributed by atoms with van der Waals surface area (Å²) in [6.45, 7) is 24.2. The zero-order chi connectivity index (χ0) is 39.0. The molecule has 0 heterocycles. The number of rotatable bonds is 10. The van der Waals surface area contributed by atoms with Crippen molar-refractivity contribution in [3.05, 3.63) is 216 Å². The lowest BCUT2D eigenvalue weighted by Gasteiger charge is -2.44. The molecule has 6 aromatic rings. The monoisotopic (exact) mass is 734 g/mol. The standard InChI is InChI=1S/C54H58Si/c1-35-26-48(32-45-20-14-11-15-21-45)27-36(2)51(35)55(54-43(9)41(7)42(8)44(54)10,52-37(3)28-49(29-38(52)4)33-46-22-16-12-17-23-46)53-39(5)30-50(31-40(53)6)34-47-24-18-13-19-25-47/h11-31,43H,32-34H2,1-10H3. The van der Waals surface area contributed by atoms with Gasteiger partial charge in [-0.25, -0.2) is 0 Å². The lowest BCUT2D eigenvalue weighted by Crippen LogP contribution is -2.73. The molecule has 0 spiro atoms. The fraction of sp³-hybridized carbons (Fsp3) is 0.259. The maximum Gasteiger partial charge on any atom is 0.178 e. The van der Waals surface area contributed by atoms with Crippen molar-refractivity contribution < 1.29 is 0 Å². The molecule has 0 bridgehead atoms. The van der Waals surface area contributed by atoms with Gasteiger partial charge in [0.1, 0.15) is 0 Å². The highest BCUT2D eigenvalue weighted by molar-refractivity contribution is 7.17. The first-order valence-corrected chi connectivity index (χ1v) is 22.2. The van der Waals surface area contributed by atoms with E-state index in [2.05, 4.69) is 197 Å². The van der Waals surface area contributed by atoms with E-state index in [4.69, 9.17) is 0 Å². The quantitative estimate of drug-likeness (QED) is 0.0971. The molecule has 0 aliphatic heterocycles. The van der Waals surface area contributed by atoms with Gasteiger partial charge in [-0.3, -0.25) is 0 Å². The van der Waals surface area contributed by atoms with Crippen LogP contribution >= 0.6 is 0 Å². The fourth-order valence-corrected chi connectivity index (χ4v) is 17.6. The second-order valence-corrected chi connectivity index (χ2v) is 20.2. The number of aryl methyl sites for hydroxylation is 6. The summed E-state index contributed by atoms with van der Waals surface area (Å²) in [5.41, 5.74) is 21.3. The zero-order valence-electron chi connectivity index (χ0n) is 34.8. The average Bonchev–Trinajstić information content (AvgIpc) is 3.33. The molecule has 1 aliphatic carbocycles. The molecule has 0 saturated carbocycles. The summed E-state index contributed by atoms with van der Waals surface area (Å²) in [5, 5.41) is 6.42. The van der Waals surface area contributed by atoms with Crippen molar-refractivity contribution in [2.75, 3.05) is 0 Å². The topological polar surface area (TPSA) is 0 Å². The smallest absolute Gasteiger partial charge is 0.0636 e. The molecule has 1 heteroatoms. The van der Waals surface area contributed by atoms with Gasteiger partial charge in [-0.15, -0.1) is 0 Å². The molecule has 278 valence electrons. The van der Waals surface area contributed by atoms with Crippen LogP contribution < -0.4 is 15.6 Å². The van der Waals surface area contributed by atoms with Crippen molar-refractivity contribution in [2.24, 2.45) is 5.92 Å². The fourth-order valence-electron chi connectivity index (χ4n) is 10.5. The first-order chi connectivity index (χ1) is 26.4. The van der Waals surface area contributed by atoms with E-state index < -0.39 is 8.07 Å². The SMILES string of the molecule is CC1=C(C)C(C)C([Si](c2c(C)cc(Cc3ccccc3)cc2C)(c2c(C)cc(Cc3ccccc3)cc2C)c2c(C)cc(Cc3ccccc3)cc2C)=C1C.